The fourth-order valence-corrected chi connectivity index (χ4v) is 3.02. The lowest BCUT2D eigenvalue weighted by molar-refractivity contribution is 0.355. The average molecular weight is 335 g/mol. The number of methoxy groups -OCH3 is 2. The van der Waals surface area contributed by atoms with Gasteiger partial charge >= 0.3 is 0 Å². The predicted molar refractivity (Wildman–Crippen MR) is 96.4 cm³/mol. The van der Waals surface area contributed by atoms with Gasteiger partial charge in [0, 0.05) is 29.6 Å². The van der Waals surface area contributed by atoms with Gasteiger partial charge in [-0.25, -0.2) is 4.98 Å². The van der Waals surface area contributed by atoms with Gasteiger partial charge in [-0.2, -0.15) is 0 Å². The standard InChI is InChI=1S/C17H25N3O2S/c1-5-8-18-12(2)9-14-11-23-17(20-14)19-13-6-7-15(21-3)16(10-13)22-4/h6-7,10-12,18H,5,8-9H2,1-4H3,(H,19,20). The van der Waals surface area contributed by atoms with Crippen molar-refractivity contribution in [3.8, 4) is 11.5 Å². The van der Waals surface area contributed by atoms with E-state index in [0.717, 1.165) is 35.9 Å². The Morgan fingerprint density at radius 3 is 2.70 bits per heavy atom. The molecule has 0 aliphatic heterocycles. The molecule has 2 rings (SSSR count). The van der Waals surface area contributed by atoms with Gasteiger partial charge in [0.05, 0.1) is 19.9 Å². The molecule has 5 nitrogen and oxygen atoms in total. The van der Waals surface area contributed by atoms with Crippen LogP contribution < -0.4 is 20.1 Å². The molecule has 1 heterocycles. The van der Waals surface area contributed by atoms with Crippen LogP contribution in [0, 0.1) is 0 Å². The highest BCUT2D eigenvalue weighted by molar-refractivity contribution is 7.13. The van der Waals surface area contributed by atoms with Crippen molar-refractivity contribution in [1.82, 2.24) is 10.3 Å². The molecule has 0 aliphatic carbocycles. The van der Waals surface area contributed by atoms with Crippen LogP contribution in [-0.4, -0.2) is 31.8 Å². The molecule has 126 valence electrons. The van der Waals surface area contributed by atoms with Crippen molar-refractivity contribution in [2.45, 2.75) is 32.7 Å². The largest absolute Gasteiger partial charge is 0.493 e. The van der Waals surface area contributed by atoms with E-state index in [0.29, 0.717) is 17.5 Å². The van der Waals surface area contributed by atoms with Gasteiger partial charge in [-0.05, 0) is 32.0 Å². The molecule has 1 aromatic carbocycles. The molecular weight excluding hydrogens is 310 g/mol. The monoisotopic (exact) mass is 335 g/mol. The van der Waals surface area contributed by atoms with Crippen LogP contribution in [0.15, 0.2) is 23.6 Å². The third-order valence-electron chi connectivity index (χ3n) is 3.44. The Hall–Kier alpha value is -1.79. The third kappa shape index (κ3) is 5.11. The van der Waals surface area contributed by atoms with Gasteiger partial charge in [-0.3, -0.25) is 0 Å². The summed E-state index contributed by atoms with van der Waals surface area (Å²) >= 11 is 1.61. The molecule has 1 atom stereocenters. The number of nitrogens with zero attached hydrogens (tertiary/aromatic N) is 1. The van der Waals surface area contributed by atoms with Crippen molar-refractivity contribution >= 4 is 22.2 Å². The maximum atomic E-state index is 5.32. The summed E-state index contributed by atoms with van der Waals surface area (Å²) in [6.07, 6.45) is 2.08. The van der Waals surface area contributed by atoms with Gasteiger partial charge in [-0.1, -0.05) is 6.92 Å². The molecule has 0 saturated heterocycles. The summed E-state index contributed by atoms with van der Waals surface area (Å²) in [5.74, 6) is 1.42. The van der Waals surface area contributed by atoms with Crippen LogP contribution in [0.3, 0.4) is 0 Å². The number of rotatable bonds is 9. The van der Waals surface area contributed by atoms with Crippen LogP contribution in [0.2, 0.25) is 0 Å². The first-order valence-electron chi connectivity index (χ1n) is 7.83. The second kappa shape index (κ2) is 8.74. The number of anilines is 2. The molecule has 1 aromatic heterocycles. The summed E-state index contributed by atoms with van der Waals surface area (Å²) in [7, 11) is 3.26. The maximum Gasteiger partial charge on any atom is 0.187 e. The second-order valence-corrected chi connectivity index (χ2v) is 6.26. The minimum atomic E-state index is 0.436. The van der Waals surface area contributed by atoms with E-state index >= 15 is 0 Å². The summed E-state index contributed by atoms with van der Waals surface area (Å²) < 4.78 is 10.6. The Kier molecular flexibility index (Phi) is 6.67. The van der Waals surface area contributed by atoms with E-state index in [9.17, 15) is 0 Å². The lowest BCUT2D eigenvalue weighted by atomic mass is 10.2. The molecule has 2 N–H and O–H groups in total. The van der Waals surface area contributed by atoms with E-state index in [4.69, 9.17) is 9.47 Å². The zero-order chi connectivity index (χ0) is 16.7. The fourth-order valence-electron chi connectivity index (χ4n) is 2.27. The highest BCUT2D eigenvalue weighted by Gasteiger charge is 2.09. The first-order valence-corrected chi connectivity index (χ1v) is 8.71. The van der Waals surface area contributed by atoms with Gasteiger partial charge in [0.25, 0.3) is 0 Å². The molecule has 1 unspecified atom stereocenters. The summed E-state index contributed by atoms with van der Waals surface area (Å²) in [5, 5.41) is 9.79. The van der Waals surface area contributed by atoms with Crippen molar-refractivity contribution in [3.63, 3.8) is 0 Å². The smallest absolute Gasteiger partial charge is 0.187 e. The summed E-state index contributed by atoms with van der Waals surface area (Å²) in [4.78, 5) is 4.65. The number of hydrogen-bond acceptors (Lipinski definition) is 6. The second-order valence-electron chi connectivity index (χ2n) is 5.40. The molecule has 2 aromatic rings. The first-order chi connectivity index (χ1) is 11.2. The molecule has 23 heavy (non-hydrogen) atoms. The number of ether oxygens (including phenoxy) is 2. The maximum absolute atomic E-state index is 5.32. The molecule has 0 radical (unpaired) electrons. The Balaban J connectivity index is 1.98. The molecule has 0 fully saturated rings. The Labute approximate surface area is 142 Å². The van der Waals surface area contributed by atoms with Gasteiger partial charge in [0.2, 0.25) is 0 Å². The summed E-state index contributed by atoms with van der Waals surface area (Å²) in [5.41, 5.74) is 2.04. The number of aromatic nitrogens is 1. The molecule has 0 amide bonds. The van der Waals surface area contributed by atoms with Crippen LogP contribution in [-0.2, 0) is 6.42 Å². The number of benzene rings is 1. The van der Waals surface area contributed by atoms with Crippen molar-refractivity contribution in [3.05, 3.63) is 29.3 Å². The SMILES string of the molecule is CCCNC(C)Cc1csc(Nc2ccc(OC)c(OC)c2)n1. The molecule has 0 aliphatic rings. The van der Waals surface area contributed by atoms with E-state index in [1.165, 1.54) is 0 Å². The Morgan fingerprint density at radius 1 is 1.22 bits per heavy atom. The fraction of sp³-hybridized carbons (Fsp3) is 0.471. The summed E-state index contributed by atoms with van der Waals surface area (Å²) in [6.45, 7) is 5.41. The molecular formula is C17H25N3O2S. The van der Waals surface area contributed by atoms with Gasteiger partial charge in [0.15, 0.2) is 16.6 Å². The zero-order valence-corrected chi connectivity index (χ0v) is 15.0. The Bertz CT molecular complexity index is 616. The molecule has 0 spiro atoms. The number of hydrogen-bond donors (Lipinski definition) is 2. The molecule has 0 bridgehead atoms. The van der Waals surface area contributed by atoms with Crippen LogP contribution in [0.25, 0.3) is 0 Å². The molecule has 0 saturated carbocycles. The van der Waals surface area contributed by atoms with Crippen molar-refractivity contribution in [2.24, 2.45) is 0 Å². The molecule has 6 heteroatoms. The van der Waals surface area contributed by atoms with Gasteiger partial charge < -0.3 is 20.1 Å². The van der Waals surface area contributed by atoms with Crippen molar-refractivity contribution in [1.29, 1.82) is 0 Å². The van der Waals surface area contributed by atoms with E-state index in [-0.39, 0.29) is 0 Å². The van der Waals surface area contributed by atoms with E-state index in [2.05, 4.69) is 34.8 Å². The highest BCUT2D eigenvalue weighted by Crippen LogP contribution is 2.31. The zero-order valence-electron chi connectivity index (χ0n) is 14.2. The van der Waals surface area contributed by atoms with Crippen LogP contribution in [0.4, 0.5) is 10.8 Å². The highest BCUT2D eigenvalue weighted by atomic mass is 32.1. The first kappa shape index (κ1) is 17.6. The lowest BCUT2D eigenvalue weighted by Crippen LogP contribution is -2.28. The van der Waals surface area contributed by atoms with Crippen LogP contribution in [0.1, 0.15) is 26.0 Å². The number of nitrogens with one attached hydrogen (secondary N) is 2. The van der Waals surface area contributed by atoms with E-state index in [1.807, 2.05) is 18.2 Å². The topological polar surface area (TPSA) is 55.4 Å². The normalized spacial score (nSPS) is 12.0. The minimum absolute atomic E-state index is 0.436. The minimum Gasteiger partial charge on any atom is -0.493 e. The van der Waals surface area contributed by atoms with Crippen LogP contribution >= 0.6 is 11.3 Å². The quantitative estimate of drug-likeness (QED) is 0.729. The van der Waals surface area contributed by atoms with Crippen LogP contribution in [0.5, 0.6) is 11.5 Å². The third-order valence-corrected chi connectivity index (χ3v) is 4.25. The van der Waals surface area contributed by atoms with Crippen molar-refractivity contribution < 1.29 is 9.47 Å². The van der Waals surface area contributed by atoms with E-state index in [1.54, 1.807) is 25.6 Å². The van der Waals surface area contributed by atoms with Gasteiger partial charge in [0.1, 0.15) is 0 Å². The van der Waals surface area contributed by atoms with Crippen molar-refractivity contribution in [2.75, 3.05) is 26.1 Å². The number of thiazole rings is 1. The van der Waals surface area contributed by atoms with E-state index < -0.39 is 0 Å². The average Bonchev–Trinajstić information content (AvgIpc) is 2.99. The Morgan fingerprint density at radius 2 is 2.00 bits per heavy atom. The summed E-state index contributed by atoms with van der Waals surface area (Å²) in [6, 6.07) is 6.18. The predicted octanol–water partition coefficient (Wildman–Crippen LogP) is 3.83. The van der Waals surface area contributed by atoms with Gasteiger partial charge in [-0.15, -0.1) is 11.3 Å². The lowest BCUT2D eigenvalue weighted by Gasteiger charge is -2.11.